The standard InChI is InChI=1S/C17H19FN2O3S/c1-20(2)17(21)11-13-6-8-16(9-7-13)19-24(22,23)12-14-4-3-5-15(18)10-14/h3-10,19H,11-12H2,1-2H3. The molecule has 0 spiro atoms. The van der Waals surface area contributed by atoms with Crippen molar-refractivity contribution in [1.82, 2.24) is 4.90 Å². The first-order valence-electron chi connectivity index (χ1n) is 7.29. The van der Waals surface area contributed by atoms with Crippen LogP contribution in [0.1, 0.15) is 11.1 Å². The van der Waals surface area contributed by atoms with E-state index in [0.29, 0.717) is 11.3 Å². The lowest BCUT2D eigenvalue weighted by Crippen LogP contribution is -2.23. The van der Waals surface area contributed by atoms with Crippen molar-refractivity contribution < 1.29 is 17.6 Å². The minimum Gasteiger partial charge on any atom is -0.349 e. The van der Waals surface area contributed by atoms with Gasteiger partial charge in [-0.25, -0.2) is 12.8 Å². The van der Waals surface area contributed by atoms with Crippen LogP contribution < -0.4 is 4.72 Å². The molecule has 128 valence electrons. The first kappa shape index (κ1) is 17.9. The summed E-state index contributed by atoms with van der Waals surface area (Å²) in [6.45, 7) is 0. The monoisotopic (exact) mass is 350 g/mol. The zero-order chi connectivity index (χ0) is 17.7. The van der Waals surface area contributed by atoms with E-state index >= 15 is 0 Å². The van der Waals surface area contributed by atoms with Crippen molar-refractivity contribution in [2.24, 2.45) is 0 Å². The Morgan fingerprint density at radius 2 is 1.75 bits per heavy atom. The Hall–Kier alpha value is -2.41. The molecule has 0 aliphatic rings. The summed E-state index contributed by atoms with van der Waals surface area (Å²) >= 11 is 0. The molecule has 0 heterocycles. The van der Waals surface area contributed by atoms with Crippen LogP contribution in [0.5, 0.6) is 0 Å². The van der Waals surface area contributed by atoms with Crippen LogP contribution in [-0.2, 0) is 27.0 Å². The maximum atomic E-state index is 13.1. The summed E-state index contributed by atoms with van der Waals surface area (Å²) in [5, 5.41) is 0. The van der Waals surface area contributed by atoms with Gasteiger partial charge in [-0.1, -0.05) is 24.3 Å². The van der Waals surface area contributed by atoms with E-state index in [1.165, 1.54) is 23.1 Å². The van der Waals surface area contributed by atoms with Crippen LogP contribution >= 0.6 is 0 Å². The van der Waals surface area contributed by atoms with E-state index in [-0.39, 0.29) is 18.1 Å². The van der Waals surface area contributed by atoms with Gasteiger partial charge >= 0.3 is 0 Å². The predicted molar refractivity (Wildman–Crippen MR) is 91.5 cm³/mol. The van der Waals surface area contributed by atoms with Gasteiger partial charge in [0.15, 0.2) is 0 Å². The van der Waals surface area contributed by atoms with Crippen LogP contribution in [0.3, 0.4) is 0 Å². The molecular weight excluding hydrogens is 331 g/mol. The lowest BCUT2D eigenvalue weighted by molar-refractivity contribution is -0.127. The van der Waals surface area contributed by atoms with Gasteiger partial charge in [-0.05, 0) is 35.4 Å². The van der Waals surface area contributed by atoms with Crippen molar-refractivity contribution in [3.63, 3.8) is 0 Å². The van der Waals surface area contributed by atoms with Crippen molar-refractivity contribution in [3.8, 4) is 0 Å². The first-order chi connectivity index (χ1) is 11.2. The van der Waals surface area contributed by atoms with Crippen LogP contribution in [0.4, 0.5) is 10.1 Å². The van der Waals surface area contributed by atoms with Crippen molar-refractivity contribution in [1.29, 1.82) is 0 Å². The average Bonchev–Trinajstić information content (AvgIpc) is 2.48. The van der Waals surface area contributed by atoms with Crippen LogP contribution in [0.15, 0.2) is 48.5 Å². The zero-order valence-electron chi connectivity index (χ0n) is 13.5. The predicted octanol–water partition coefficient (Wildman–Crippen LogP) is 2.40. The number of carbonyl (C=O) groups is 1. The first-order valence-corrected chi connectivity index (χ1v) is 8.94. The number of likely N-dealkylation sites (N-methyl/N-ethyl adjacent to an activating group) is 1. The molecule has 2 aromatic rings. The molecule has 24 heavy (non-hydrogen) atoms. The largest absolute Gasteiger partial charge is 0.349 e. The van der Waals surface area contributed by atoms with Crippen LogP contribution in [-0.4, -0.2) is 33.3 Å². The Kier molecular flexibility index (Phi) is 5.56. The van der Waals surface area contributed by atoms with Gasteiger partial charge in [-0.15, -0.1) is 0 Å². The van der Waals surface area contributed by atoms with E-state index in [0.717, 1.165) is 5.56 Å². The molecule has 0 unspecified atom stereocenters. The van der Waals surface area contributed by atoms with E-state index in [1.807, 2.05) is 0 Å². The smallest absolute Gasteiger partial charge is 0.236 e. The second kappa shape index (κ2) is 7.44. The molecule has 0 saturated heterocycles. The van der Waals surface area contributed by atoms with E-state index < -0.39 is 15.8 Å². The fourth-order valence-corrected chi connectivity index (χ4v) is 3.27. The summed E-state index contributed by atoms with van der Waals surface area (Å²) in [5.74, 6) is -0.821. The molecule has 0 saturated carbocycles. The fraction of sp³-hybridized carbons (Fsp3) is 0.235. The number of nitrogens with zero attached hydrogens (tertiary/aromatic N) is 1. The molecule has 1 amide bonds. The van der Waals surface area contributed by atoms with Gasteiger partial charge in [0, 0.05) is 19.8 Å². The van der Waals surface area contributed by atoms with Crippen LogP contribution in [0.25, 0.3) is 0 Å². The van der Waals surface area contributed by atoms with Gasteiger partial charge in [0.05, 0.1) is 12.2 Å². The third-order valence-corrected chi connectivity index (χ3v) is 4.59. The third-order valence-electron chi connectivity index (χ3n) is 3.33. The zero-order valence-corrected chi connectivity index (χ0v) is 14.3. The molecule has 2 aromatic carbocycles. The molecule has 0 atom stereocenters. The minimum absolute atomic E-state index is 0.0329. The average molecular weight is 350 g/mol. The van der Waals surface area contributed by atoms with Gasteiger partial charge < -0.3 is 4.90 Å². The lowest BCUT2D eigenvalue weighted by Gasteiger charge is -2.11. The van der Waals surface area contributed by atoms with Gasteiger partial charge in [0.2, 0.25) is 15.9 Å². The second-order valence-corrected chi connectivity index (χ2v) is 7.38. The molecule has 0 radical (unpaired) electrons. The summed E-state index contributed by atoms with van der Waals surface area (Å²) in [7, 11) is -0.290. The van der Waals surface area contributed by atoms with E-state index in [1.54, 1.807) is 44.4 Å². The normalized spacial score (nSPS) is 11.1. The van der Waals surface area contributed by atoms with Crippen molar-refractivity contribution in [3.05, 3.63) is 65.5 Å². The van der Waals surface area contributed by atoms with Gasteiger partial charge in [-0.2, -0.15) is 0 Å². The summed E-state index contributed by atoms with van der Waals surface area (Å²) in [4.78, 5) is 13.1. The van der Waals surface area contributed by atoms with E-state index in [2.05, 4.69) is 4.72 Å². The molecular formula is C17H19FN2O3S. The Balaban J connectivity index is 2.03. The maximum absolute atomic E-state index is 13.1. The van der Waals surface area contributed by atoms with Gasteiger partial charge in [0.1, 0.15) is 5.82 Å². The Morgan fingerprint density at radius 3 is 2.33 bits per heavy atom. The molecule has 5 nitrogen and oxygen atoms in total. The van der Waals surface area contributed by atoms with Crippen molar-refractivity contribution >= 4 is 21.6 Å². The topological polar surface area (TPSA) is 66.5 Å². The molecule has 0 aromatic heterocycles. The Labute approximate surface area is 141 Å². The number of rotatable bonds is 6. The maximum Gasteiger partial charge on any atom is 0.236 e. The number of hydrogen-bond acceptors (Lipinski definition) is 3. The molecule has 7 heteroatoms. The number of benzene rings is 2. The highest BCUT2D eigenvalue weighted by Gasteiger charge is 2.13. The number of sulfonamides is 1. The highest BCUT2D eigenvalue weighted by Crippen LogP contribution is 2.15. The molecule has 0 bridgehead atoms. The Bertz CT molecular complexity index is 818. The highest BCUT2D eigenvalue weighted by molar-refractivity contribution is 7.91. The lowest BCUT2D eigenvalue weighted by atomic mass is 10.1. The minimum atomic E-state index is -3.65. The molecule has 2 rings (SSSR count). The molecule has 0 aliphatic heterocycles. The van der Waals surface area contributed by atoms with Crippen LogP contribution in [0.2, 0.25) is 0 Å². The number of amides is 1. The van der Waals surface area contributed by atoms with Gasteiger partial charge in [-0.3, -0.25) is 9.52 Å². The third kappa shape index (κ3) is 5.34. The second-order valence-electron chi connectivity index (χ2n) is 5.65. The highest BCUT2D eigenvalue weighted by atomic mass is 32.2. The van der Waals surface area contributed by atoms with E-state index in [4.69, 9.17) is 0 Å². The fourth-order valence-electron chi connectivity index (χ4n) is 2.09. The number of halogens is 1. The summed E-state index contributed by atoms with van der Waals surface area (Å²) in [6, 6.07) is 12.1. The van der Waals surface area contributed by atoms with Crippen molar-refractivity contribution in [2.45, 2.75) is 12.2 Å². The number of nitrogens with one attached hydrogen (secondary N) is 1. The summed E-state index contributed by atoms with van der Waals surface area (Å²) in [5.41, 5.74) is 1.56. The summed E-state index contributed by atoms with van der Waals surface area (Å²) < 4.78 is 39.8. The van der Waals surface area contributed by atoms with Crippen LogP contribution in [0, 0.1) is 5.82 Å². The quantitative estimate of drug-likeness (QED) is 0.870. The van der Waals surface area contributed by atoms with Gasteiger partial charge in [0.25, 0.3) is 0 Å². The number of carbonyl (C=O) groups excluding carboxylic acids is 1. The van der Waals surface area contributed by atoms with Crippen molar-refractivity contribution in [2.75, 3.05) is 18.8 Å². The van der Waals surface area contributed by atoms with E-state index in [9.17, 15) is 17.6 Å². The molecule has 0 fully saturated rings. The summed E-state index contributed by atoms with van der Waals surface area (Å²) in [6.07, 6.45) is 0.253. The number of hydrogen-bond donors (Lipinski definition) is 1. The molecule has 0 aliphatic carbocycles. The SMILES string of the molecule is CN(C)C(=O)Cc1ccc(NS(=O)(=O)Cc2cccc(F)c2)cc1. The Morgan fingerprint density at radius 1 is 1.08 bits per heavy atom. The number of anilines is 1. The molecule has 1 N–H and O–H groups in total.